The number of hydrogen-bond acceptors (Lipinski definition) is 7. The van der Waals surface area contributed by atoms with Crippen molar-refractivity contribution in [3.63, 3.8) is 0 Å². The highest BCUT2D eigenvalue weighted by molar-refractivity contribution is 7.80. The minimum Gasteiger partial charge on any atom is -0.466 e. The number of carbonyl (C=O) groups excluding carboxylic acids is 4. The smallest absolute Gasteiger partial charge is 0.308 e. The van der Waals surface area contributed by atoms with Gasteiger partial charge in [0.2, 0.25) is 11.8 Å². The van der Waals surface area contributed by atoms with E-state index in [1.54, 1.807) is 0 Å². The maximum Gasteiger partial charge on any atom is 0.308 e. The average Bonchev–Trinajstić information content (AvgIpc) is 2.81. The third-order valence-electron chi connectivity index (χ3n) is 4.94. The summed E-state index contributed by atoms with van der Waals surface area (Å²) in [5, 5.41) is 5.26. The fraction of sp³-hybridized carbons (Fsp3) is 0.522. The molecule has 10 heteroatoms. The summed E-state index contributed by atoms with van der Waals surface area (Å²) in [5.74, 6) is -1.78. The number of benzene rings is 1. The Balaban J connectivity index is 1.71. The maximum absolute atomic E-state index is 12.2. The molecule has 33 heavy (non-hydrogen) atoms. The van der Waals surface area contributed by atoms with Gasteiger partial charge in [-0.25, -0.2) is 0 Å². The molecule has 1 aromatic carbocycles. The van der Waals surface area contributed by atoms with Gasteiger partial charge in [0.15, 0.2) is 5.11 Å². The summed E-state index contributed by atoms with van der Waals surface area (Å²) in [5.41, 5.74) is 1.17. The van der Waals surface area contributed by atoms with Crippen LogP contribution in [0.4, 0.5) is 0 Å². The number of rotatable bonds is 11. The predicted molar refractivity (Wildman–Crippen MR) is 125 cm³/mol. The first-order valence-electron chi connectivity index (χ1n) is 11.1. The van der Waals surface area contributed by atoms with Crippen molar-refractivity contribution >= 4 is 41.1 Å². The molecule has 2 rings (SSSR count). The molecular formula is C23H31N3O6S. The minimum absolute atomic E-state index is 0.0411. The second kappa shape index (κ2) is 14.2. The molecule has 2 amide bonds. The summed E-state index contributed by atoms with van der Waals surface area (Å²) < 4.78 is 10.2. The van der Waals surface area contributed by atoms with Gasteiger partial charge in [0, 0.05) is 19.5 Å². The van der Waals surface area contributed by atoms with Gasteiger partial charge in [0.25, 0.3) is 0 Å². The van der Waals surface area contributed by atoms with E-state index >= 15 is 0 Å². The molecule has 0 bridgehead atoms. The standard InChI is InChI=1S/C23H31N3O6S/c1-2-14-31-21(29)16-18-22(30)24-12-13-26(18)23(33)25-19(27)10-11-20(28)32-15-6-9-17-7-4-3-5-8-17/h3-5,7-8,18H,2,6,9-16H2,1H3,(H,24,30)(H,25,27,33). The molecular weight excluding hydrogens is 446 g/mol. The first-order chi connectivity index (χ1) is 15.9. The Morgan fingerprint density at radius 1 is 1.12 bits per heavy atom. The van der Waals surface area contributed by atoms with Crippen molar-refractivity contribution < 1.29 is 28.7 Å². The third kappa shape index (κ3) is 9.56. The highest BCUT2D eigenvalue weighted by Crippen LogP contribution is 2.11. The van der Waals surface area contributed by atoms with Crippen molar-refractivity contribution in [2.75, 3.05) is 26.3 Å². The SMILES string of the molecule is CCCOC(=O)CC1C(=O)NCCN1C(=S)NC(=O)CCC(=O)OCCCc1ccccc1. The monoisotopic (exact) mass is 477 g/mol. The molecule has 9 nitrogen and oxygen atoms in total. The second-order valence-electron chi connectivity index (χ2n) is 7.59. The number of thiocarbonyl (C=S) groups is 1. The van der Waals surface area contributed by atoms with E-state index in [1.807, 2.05) is 37.3 Å². The van der Waals surface area contributed by atoms with Crippen LogP contribution in [0, 0.1) is 0 Å². The molecule has 1 heterocycles. The number of hydrogen-bond donors (Lipinski definition) is 2. The Morgan fingerprint density at radius 2 is 1.85 bits per heavy atom. The predicted octanol–water partition coefficient (Wildman–Crippen LogP) is 1.49. The van der Waals surface area contributed by atoms with Crippen LogP contribution in [-0.2, 0) is 35.1 Å². The van der Waals surface area contributed by atoms with Crippen LogP contribution in [0.2, 0.25) is 0 Å². The van der Waals surface area contributed by atoms with E-state index in [0.717, 1.165) is 6.42 Å². The van der Waals surface area contributed by atoms with Crippen LogP contribution in [0.5, 0.6) is 0 Å². The fourth-order valence-corrected chi connectivity index (χ4v) is 3.57. The molecule has 0 aromatic heterocycles. The molecule has 1 unspecified atom stereocenters. The van der Waals surface area contributed by atoms with Gasteiger partial charge < -0.3 is 25.0 Å². The molecule has 0 aliphatic carbocycles. The van der Waals surface area contributed by atoms with E-state index < -0.39 is 23.9 Å². The van der Waals surface area contributed by atoms with E-state index in [4.69, 9.17) is 21.7 Å². The van der Waals surface area contributed by atoms with Crippen LogP contribution in [0.25, 0.3) is 0 Å². The van der Waals surface area contributed by atoms with Crippen molar-refractivity contribution in [1.82, 2.24) is 15.5 Å². The Morgan fingerprint density at radius 3 is 2.58 bits per heavy atom. The number of nitrogens with one attached hydrogen (secondary N) is 2. The number of nitrogens with zero attached hydrogens (tertiary/aromatic N) is 1. The highest BCUT2D eigenvalue weighted by atomic mass is 32.1. The van der Waals surface area contributed by atoms with Crippen LogP contribution in [-0.4, -0.2) is 66.1 Å². The molecule has 1 aromatic rings. The molecule has 180 valence electrons. The summed E-state index contributed by atoms with van der Waals surface area (Å²) in [4.78, 5) is 49.8. The van der Waals surface area contributed by atoms with Gasteiger partial charge in [-0.15, -0.1) is 0 Å². The molecule has 0 spiro atoms. The van der Waals surface area contributed by atoms with Crippen LogP contribution in [0.1, 0.15) is 44.6 Å². The van der Waals surface area contributed by atoms with Crippen LogP contribution < -0.4 is 10.6 Å². The summed E-state index contributed by atoms with van der Waals surface area (Å²) >= 11 is 5.28. The molecule has 1 aliphatic heterocycles. The van der Waals surface area contributed by atoms with E-state index in [2.05, 4.69) is 10.6 Å². The zero-order chi connectivity index (χ0) is 24.1. The summed E-state index contributed by atoms with van der Waals surface area (Å²) in [6, 6.07) is 9.04. The molecule has 1 fully saturated rings. The molecule has 2 N–H and O–H groups in total. The highest BCUT2D eigenvalue weighted by Gasteiger charge is 2.34. The average molecular weight is 478 g/mol. The molecule has 1 atom stereocenters. The maximum atomic E-state index is 12.2. The largest absolute Gasteiger partial charge is 0.466 e. The Bertz CT molecular complexity index is 833. The topological polar surface area (TPSA) is 114 Å². The molecule has 1 aliphatic rings. The van der Waals surface area contributed by atoms with Gasteiger partial charge in [0.1, 0.15) is 6.04 Å². The zero-order valence-electron chi connectivity index (χ0n) is 18.8. The lowest BCUT2D eigenvalue weighted by Crippen LogP contribution is -2.60. The van der Waals surface area contributed by atoms with Crippen molar-refractivity contribution in [1.29, 1.82) is 0 Å². The second-order valence-corrected chi connectivity index (χ2v) is 7.97. The van der Waals surface area contributed by atoms with Gasteiger partial charge in [-0.1, -0.05) is 37.3 Å². The molecule has 0 radical (unpaired) electrons. The lowest BCUT2D eigenvalue weighted by molar-refractivity contribution is -0.147. The number of piperazine rings is 1. The fourth-order valence-electron chi connectivity index (χ4n) is 3.24. The van der Waals surface area contributed by atoms with Gasteiger partial charge in [-0.2, -0.15) is 0 Å². The molecule has 1 saturated heterocycles. The Hall–Kier alpha value is -3.01. The Labute approximate surface area is 199 Å². The quantitative estimate of drug-likeness (QED) is 0.280. The van der Waals surface area contributed by atoms with Crippen LogP contribution in [0.15, 0.2) is 30.3 Å². The van der Waals surface area contributed by atoms with Crippen molar-refractivity contribution in [3.05, 3.63) is 35.9 Å². The summed E-state index contributed by atoms with van der Waals surface area (Å²) in [6.45, 7) is 3.12. The number of carbonyl (C=O) groups is 4. The van der Waals surface area contributed by atoms with Crippen molar-refractivity contribution in [2.24, 2.45) is 0 Å². The normalized spacial score (nSPS) is 15.4. The van der Waals surface area contributed by atoms with E-state index in [1.165, 1.54) is 10.5 Å². The molecule has 0 saturated carbocycles. The van der Waals surface area contributed by atoms with Crippen LogP contribution >= 0.6 is 12.2 Å². The minimum atomic E-state index is -0.856. The number of esters is 2. The van der Waals surface area contributed by atoms with Gasteiger partial charge in [-0.05, 0) is 37.0 Å². The number of aryl methyl sites for hydroxylation is 1. The van der Waals surface area contributed by atoms with Gasteiger partial charge >= 0.3 is 11.9 Å². The summed E-state index contributed by atoms with van der Waals surface area (Å²) in [7, 11) is 0. The Kier molecular flexibility index (Phi) is 11.3. The van der Waals surface area contributed by atoms with E-state index in [0.29, 0.717) is 25.9 Å². The van der Waals surface area contributed by atoms with Crippen LogP contribution in [0.3, 0.4) is 0 Å². The lowest BCUT2D eigenvalue weighted by Gasteiger charge is -2.36. The van der Waals surface area contributed by atoms with Crippen molar-refractivity contribution in [2.45, 2.75) is 51.5 Å². The van der Waals surface area contributed by atoms with E-state index in [9.17, 15) is 19.2 Å². The van der Waals surface area contributed by atoms with E-state index in [-0.39, 0.29) is 43.5 Å². The third-order valence-corrected chi connectivity index (χ3v) is 5.27. The zero-order valence-corrected chi connectivity index (χ0v) is 19.7. The lowest BCUT2D eigenvalue weighted by atomic mass is 10.1. The number of ether oxygens (including phenoxy) is 2. The summed E-state index contributed by atoms with van der Waals surface area (Å²) in [6.07, 6.45) is 1.84. The van der Waals surface area contributed by atoms with Gasteiger partial charge in [0.05, 0.1) is 26.1 Å². The first kappa shape index (κ1) is 26.2. The van der Waals surface area contributed by atoms with Crippen molar-refractivity contribution in [3.8, 4) is 0 Å². The number of amides is 2. The van der Waals surface area contributed by atoms with Gasteiger partial charge in [-0.3, -0.25) is 19.2 Å². The first-order valence-corrected chi connectivity index (χ1v) is 11.5.